The van der Waals surface area contributed by atoms with Crippen LogP contribution >= 0.6 is 0 Å². The Hall–Kier alpha value is -4.78. The number of hydrogen-bond acceptors (Lipinski definition) is 6. The van der Waals surface area contributed by atoms with Gasteiger partial charge in [0.15, 0.2) is 5.43 Å². The van der Waals surface area contributed by atoms with Gasteiger partial charge in [0.1, 0.15) is 11.2 Å². The third-order valence-corrected chi connectivity index (χ3v) is 6.07. The number of benzene rings is 2. The highest BCUT2D eigenvalue weighted by Gasteiger charge is 2.18. The molecule has 0 unspecified atom stereocenters. The third-order valence-electron chi connectivity index (χ3n) is 6.07. The van der Waals surface area contributed by atoms with E-state index in [-0.39, 0.29) is 5.43 Å². The summed E-state index contributed by atoms with van der Waals surface area (Å²) in [5, 5.41) is 5.85. The van der Waals surface area contributed by atoms with Crippen LogP contribution in [0.15, 0.2) is 90.0 Å². The summed E-state index contributed by atoms with van der Waals surface area (Å²) >= 11 is 0. The zero-order valence-corrected chi connectivity index (χ0v) is 19.9. The fourth-order valence-corrected chi connectivity index (χ4v) is 4.51. The van der Waals surface area contributed by atoms with E-state index in [0.717, 1.165) is 38.9 Å². The van der Waals surface area contributed by atoms with Gasteiger partial charge in [-0.3, -0.25) is 19.3 Å². The van der Waals surface area contributed by atoms with Crippen molar-refractivity contribution in [3.05, 3.63) is 101 Å². The van der Waals surface area contributed by atoms with E-state index < -0.39 is 0 Å². The lowest BCUT2D eigenvalue weighted by Gasteiger charge is -2.20. The maximum atomic E-state index is 13.4. The van der Waals surface area contributed by atoms with E-state index in [9.17, 15) is 4.79 Å². The Balaban J connectivity index is 1.63. The number of nitrogens with one attached hydrogen (secondary N) is 1. The van der Waals surface area contributed by atoms with Gasteiger partial charge in [-0.15, -0.1) is 0 Å². The summed E-state index contributed by atoms with van der Waals surface area (Å²) in [6.07, 6.45) is 3.58. The minimum absolute atomic E-state index is 0.179. The van der Waals surface area contributed by atoms with Crippen molar-refractivity contribution in [1.29, 1.82) is 0 Å². The first-order valence-corrected chi connectivity index (χ1v) is 11.8. The number of para-hydroxylation sites is 2. The van der Waals surface area contributed by atoms with Gasteiger partial charge >= 0.3 is 0 Å². The van der Waals surface area contributed by atoms with Crippen molar-refractivity contribution < 1.29 is 4.74 Å². The molecule has 0 spiro atoms. The van der Waals surface area contributed by atoms with Crippen LogP contribution in [0.25, 0.3) is 38.4 Å². The molecular weight excluding hydrogens is 450 g/mol. The van der Waals surface area contributed by atoms with Gasteiger partial charge in [-0.25, -0.2) is 4.98 Å². The van der Waals surface area contributed by atoms with Crippen molar-refractivity contribution >= 4 is 44.2 Å². The number of pyridine rings is 4. The number of nitrogens with zero attached hydrogens (tertiary/aromatic N) is 4. The van der Waals surface area contributed by atoms with Crippen molar-refractivity contribution in [2.24, 2.45) is 0 Å². The summed E-state index contributed by atoms with van der Waals surface area (Å²) in [7, 11) is 0. The molecule has 4 aromatic heterocycles. The van der Waals surface area contributed by atoms with E-state index in [0.29, 0.717) is 29.2 Å². The molecule has 0 aliphatic heterocycles. The molecule has 0 saturated carbocycles. The summed E-state index contributed by atoms with van der Waals surface area (Å²) < 4.78 is 7.77. The van der Waals surface area contributed by atoms with Crippen molar-refractivity contribution in [3.63, 3.8) is 0 Å². The number of rotatable bonds is 5. The lowest BCUT2D eigenvalue weighted by molar-refractivity contribution is 0.330. The second-order valence-corrected chi connectivity index (χ2v) is 8.55. The monoisotopic (exact) mass is 473 g/mol. The Kier molecular flexibility index (Phi) is 5.30. The quantitative estimate of drug-likeness (QED) is 0.334. The SMILES string of the molecule is CCOc1nc(C)cc2c1c(=O)cc(Nc1cnc3ccccc3c1)n2-c1cnc2ccccc2c1. The van der Waals surface area contributed by atoms with Gasteiger partial charge in [-0.2, -0.15) is 0 Å². The lowest BCUT2D eigenvalue weighted by atomic mass is 10.1. The normalized spacial score (nSPS) is 11.3. The molecule has 0 amide bonds. The topological polar surface area (TPSA) is 81.9 Å². The number of anilines is 2. The van der Waals surface area contributed by atoms with Crippen LogP contribution in [0.1, 0.15) is 12.6 Å². The van der Waals surface area contributed by atoms with Gasteiger partial charge in [0.25, 0.3) is 0 Å². The zero-order chi connectivity index (χ0) is 24.6. The van der Waals surface area contributed by atoms with Crippen molar-refractivity contribution in [2.45, 2.75) is 13.8 Å². The molecule has 0 radical (unpaired) electrons. The number of ether oxygens (including phenoxy) is 1. The highest BCUT2D eigenvalue weighted by molar-refractivity contribution is 5.90. The molecule has 7 heteroatoms. The predicted octanol–water partition coefficient (Wildman–Crippen LogP) is 5.93. The van der Waals surface area contributed by atoms with Crippen molar-refractivity contribution in [3.8, 4) is 11.6 Å². The molecule has 2 aromatic carbocycles. The third kappa shape index (κ3) is 3.80. The summed E-state index contributed by atoms with van der Waals surface area (Å²) in [6, 6.07) is 23.4. The van der Waals surface area contributed by atoms with Gasteiger partial charge in [0.2, 0.25) is 5.88 Å². The summed E-state index contributed by atoms with van der Waals surface area (Å²) in [5.41, 5.74) is 4.63. The van der Waals surface area contributed by atoms with E-state index in [4.69, 9.17) is 4.74 Å². The Labute approximate surface area is 207 Å². The standard InChI is InChI=1S/C29H23N5O2/c1-3-36-29-28-25(12-18(2)32-29)34(22-14-20-9-5-7-11-24(20)31-17-22)27(15-26(28)35)33-21-13-19-8-4-6-10-23(19)30-16-21/h4-17,33H,3H2,1-2H3. The fraction of sp³-hybridized carbons (Fsp3) is 0.103. The van der Waals surface area contributed by atoms with E-state index in [1.165, 1.54) is 0 Å². The van der Waals surface area contributed by atoms with Crippen LogP contribution in [0.4, 0.5) is 11.5 Å². The number of fused-ring (bicyclic) bond motifs is 3. The first kappa shape index (κ1) is 21.7. The lowest BCUT2D eigenvalue weighted by Crippen LogP contribution is -2.15. The molecule has 1 N–H and O–H groups in total. The summed E-state index contributed by atoms with van der Waals surface area (Å²) in [6.45, 7) is 4.18. The number of hydrogen-bond donors (Lipinski definition) is 1. The fourth-order valence-electron chi connectivity index (χ4n) is 4.51. The summed E-state index contributed by atoms with van der Waals surface area (Å²) in [5.74, 6) is 0.925. The Bertz CT molecular complexity index is 1830. The molecule has 0 aliphatic carbocycles. The number of aromatic nitrogens is 4. The molecule has 0 bridgehead atoms. The van der Waals surface area contributed by atoms with Crippen LogP contribution < -0.4 is 15.5 Å². The first-order valence-electron chi connectivity index (χ1n) is 11.8. The van der Waals surface area contributed by atoms with E-state index in [2.05, 4.69) is 26.3 Å². The van der Waals surface area contributed by atoms with Crippen LogP contribution in [0.5, 0.6) is 5.88 Å². The predicted molar refractivity (Wildman–Crippen MR) is 144 cm³/mol. The molecule has 6 aromatic rings. The molecule has 0 saturated heterocycles. The Morgan fingerprint density at radius 3 is 2.33 bits per heavy atom. The Morgan fingerprint density at radius 2 is 1.58 bits per heavy atom. The largest absolute Gasteiger partial charge is 0.477 e. The molecule has 6 rings (SSSR count). The maximum Gasteiger partial charge on any atom is 0.227 e. The van der Waals surface area contributed by atoms with Crippen LogP contribution in [-0.2, 0) is 0 Å². The highest BCUT2D eigenvalue weighted by Crippen LogP contribution is 2.30. The molecular formula is C29H23N5O2. The molecule has 7 nitrogen and oxygen atoms in total. The molecule has 4 heterocycles. The molecule has 0 fully saturated rings. The van der Waals surface area contributed by atoms with Gasteiger partial charge in [-0.1, -0.05) is 36.4 Å². The maximum absolute atomic E-state index is 13.4. The van der Waals surface area contributed by atoms with Crippen molar-refractivity contribution in [2.75, 3.05) is 11.9 Å². The van der Waals surface area contributed by atoms with Crippen LogP contribution in [0.3, 0.4) is 0 Å². The van der Waals surface area contributed by atoms with E-state index in [1.54, 1.807) is 12.3 Å². The zero-order valence-electron chi connectivity index (χ0n) is 19.9. The molecule has 0 aliphatic rings. The van der Waals surface area contributed by atoms with E-state index >= 15 is 0 Å². The second-order valence-electron chi connectivity index (χ2n) is 8.55. The van der Waals surface area contributed by atoms with Crippen LogP contribution in [0.2, 0.25) is 0 Å². The molecule has 0 atom stereocenters. The second kappa shape index (κ2) is 8.78. The van der Waals surface area contributed by atoms with Gasteiger partial charge in [0.05, 0.1) is 46.9 Å². The minimum atomic E-state index is -0.179. The number of aryl methyl sites for hydroxylation is 1. The van der Waals surface area contributed by atoms with Crippen LogP contribution in [-0.4, -0.2) is 26.1 Å². The summed E-state index contributed by atoms with van der Waals surface area (Å²) in [4.78, 5) is 27.1. The van der Waals surface area contributed by atoms with Crippen LogP contribution in [0, 0.1) is 6.92 Å². The minimum Gasteiger partial charge on any atom is -0.477 e. The van der Waals surface area contributed by atoms with Gasteiger partial charge < -0.3 is 10.1 Å². The van der Waals surface area contributed by atoms with Gasteiger partial charge in [-0.05, 0) is 44.2 Å². The average Bonchev–Trinajstić information content (AvgIpc) is 2.88. The average molecular weight is 474 g/mol. The smallest absolute Gasteiger partial charge is 0.227 e. The highest BCUT2D eigenvalue weighted by atomic mass is 16.5. The molecule has 36 heavy (non-hydrogen) atoms. The first-order chi connectivity index (χ1) is 17.6. The van der Waals surface area contributed by atoms with Gasteiger partial charge in [0, 0.05) is 22.5 Å². The van der Waals surface area contributed by atoms with Crippen molar-refractivity contribution in [1.82, 2.24) is 19.5 Å². The Morgan fingerprint density at radius 1 is 0.889 bits per heavy atom. The van der Waals surface area contributed by atoms with E-state index in [1.807, 2.05) is 85.3 Å². The molecule has 176 valence electrons.